The van der Waals surface area contributed by atoms with E-state index >= 15 is 0 Å². The van der Waals surface area contributed by atoms with Crippen LogP contribution in [0.1, 0.15) is 33.6 Å². The van der Waals surface area contributed by atoms with Crippen LogP contribution in [0.25, 0.3) is 0 Å². The number of benzene rings is 2. The van der Waals surface area contributed by atoms with Crippen LogP contribution in [-0.4, -0.2) is 59.9 Å². The number of carbonyl (C=O) groups is 3. The van der Waals surface area contributed by atoms with Crippen molar-refractivity contribution in [2.24, 2.45) is 0 Å². The summed E-state index contributed by atoms with van der Waals surface area (Å²) in [6, 6.07) is 9.69. The van der Waals surface area contributed by atoms with Crippen molar-refractivity contribution >= 4 is 23.5 Å². The average molecular weight is 428 g/mol. The summed E-state index contributed by atoms with van der Waals surface area (Å²) in [7, 11) is 0. The lowest BCUT2D eigenvalue weighted by atomic mass is 10.1. The van der Waals surface area contributed by atoms with Crippen LogP contribution in [-0.2, 0) is 0 Å². The molecule has 9 heteroatoms. The maximum Gasteiger partial charge on any atom is 0.319 e. The Morgan fingerprint density at radius 1 is 0.774 bits per heavy atom. The van der Waals surface area contributed by atoms with Crippen molar-refractivity contribution in [1.82, 2.24) is 15.1 Å². The second-order valence-electron chi connectivity index (χ2n) is 7.66. The fourth-order valence-electron chi connectivity index (χ4n) is 3.38. The summed E-state index contributed by atoms with van der Waals surface area (Å²) in [5, 5.41) is 5.56. The maximum atomic E-state index is 13.4. The van der Waals surface area contributed by atoms with Gasteiger partial charge in [0.2, 0.25) is 0 Å². The van der Waals surface area contributed by atoms with Crippen molar-refractivity contribution in [3.8, 4) is 0 Å². The number of nitrogens with one attached hydrogen (secondary N) is 2. The molecule has 0 unspecified atom stereocenters. The molecule has 1 saturated carbocycles. The third-order valence-corrected chi connectivity index (χ3v) is 5.32. The van der Waals surface area contributed by atoms with Crippen LogP contribution in [0, 0.1) is 11.6 Å². The van der Waals surface area contributed by atoms with E-state index in [-0.39, 0.29) is 23.5 Å². The zero-order chi connectivity index (χ0) is 22.0. The van der Waals surface area contributed by atoms with E-state index < -0.39 is 17.5 Å². The van der Waals surface area contributed by atoms with Gasteiger partial charge in [-0.15, -0.1) is 0 Å². The number of carbonyl (C=O) groups excluding carboxylic acids is 3. The van der Waals surface area contributed by atoms with Crippen molar-refractivity contribution in [2.75, 3.05) is 31.5 Å². The Morgan fingerprint density at radius 2 is 1.32 bits per heavy atom. The number of piperazine rings is 1. The summed E-state index contributed by atoms with van der Waals surface area (Å²) in [5.41, 5.74) is 1.15. The van der Waals surface area contributed by atoms with E-state index in [4.69, 9.17) is 0 Å². The van der Waals surface area contributed by atoms with Crippen molar-refractivity contribution in [3.05, 3.63) is 65.2 Å². The Hall–Kier alpha value is -3.49. The van der Waals surface area contributed by atoms with Gasteiger partial charge in [0.25, 0.3) is 11.8 Å². The molecule has 0 bridgehead atoms. The van der Waals surface area contributed by atoms with Crippen LogP contribution in [0.2, 0.25) is 0 Å². The van der Waals surface area contributed by atoms with Crippen molar-refractivity contribution in [2.45, 2.75) is 18.9 Å². The highest BCUT2D eigenvalue weighted by Crippen LogP contribution is 2.19. The summed E-state index contributed by atoms with van der Waals surface area (Å²) in [4.78, 5) is 40.2. The molecule has 2 aliphatic rings. The van der Waals surface area contributed by atoms with Gasteiger partial charge in [-0.3, -0.25) is 9.59 Å². The van der Waals surface area contributed by atoms with Gasteiger partial charge >= 0.3 is 6.03 Å². The van der Waals surface area contributed by atoms with Gasteiger partial charge in [-0.25, -0.2) is 13.6 Å². The number of nitrogens with zero attached hydrogens (tertiary/aromatic N) is 2. The second-order valence-corrected chi connectivity index (χ2v) is 7.66. The first-order chi connectivity index (χ1) is 14.9. The minimum atomic E-state index is -1.07. The highest BCUT2D eigenvalue weighted by molar-refractivity contribution is 5.96. The zero-order valence-corrected chi connectivity index (χ0v) is 16.7. The molecule has 2 fully saturated rings. The van der Waals surface area contributed by atoms with E-state index in [0.29, 0.717) is 37.4 Å². The molecule has 0 aromatic heterocycles. The topological polar surface area (TPSA) is 81.8 Å². The quantitative estimate of drug-likeness (QED) is 0.786. The molecule has 162 valence electrons. The molecule has 2 N–H and O–H groups in total. The Balaban J connectivity index is 1.30. The summed E-state index contributed by atoms with van der Waals surface area (Å²) >= 11 is 0. The smallest absolute Gasteiger partial charge is 0.319 e. The molecule has 0 spiro atoms. The van der Waals surface area contributed by atoms with Gasteiger partial charge in [0.1, 0.15) is 0 Å². The van der Waals surface area contributed by atoms with Crippen LogP contribution in [0.5, 0.6) is 0 Å². The van der Waals surface area contributed by atoms with Crippen LogP contribution in [0.3, 0.4) is 0 Å². The van der Waals surface area contributed by atoms with Crippen molar-refractivity contribution in [3.63, 3.8) is 0 Å². The third-order valence-electron chi connectivity index (χ3n) is 5.32. The molecular weight excluding hydrogens is 406 g/mol. The van der Waals surface area contributed by atoms with E-state index in [1.807, 2.05) is 0 Å². The molecule has 2 aromatic rings. The summed E-state index contributed by atoms with van der Waals surface area (Å²) in [6.07, 6.45) is 2.00. The van der Waals surface area contributed by atoms with E-state index in [2.05, 4.69) is 10.6 Å². The molecule has 1 heterocycles. The SMILES string of the molecule is O=C(Nc1ccc(C(=O)N2CCN(C(=O)c3ccc(F)c(F)c3)CC2)cc1)NC1CC1. The number of hydrogen-bond donors (Lipinski definition) is 2. The predicted octanol–water partition coefficient (Wildman–Crippen LogP) is 2.85. The molecule has 0 radical (unpaired) electrons. The molecule has 31 heavy (non-hydrogen) atoms. The van der Waals surface area contributed by atoms with Gasteiger partial charge in [0, 0.05) is 49.0 Å². The lowest BCUT2D eigenvalue weighted by Gasteiger charge is -2.35. The number of amides is 4. The highest BCUT2D eigenvalue weighted by atomic mass is 19.2. The average Bonchev–Trinajstić information content (AvgIpc) is 3.59. The normalized spacial score (nSPS) is 16.1. The van der Waals surface area contributed by atoms with Crippen LogP contribution in [0.15, 0.2) is 42.5 Å². The fraction of sp³-hybridized carbons (Fsp3) is 0.318. The van der Waals surface area contributed by atoms with Crippen LogP contribution < -0.4 is 10.6 Å². The van der Waals surface area contributed by atoms with Gasteiger partial charge in [-0.2, -0.15) is 0 Å². The molecule has 2 aromatic carbocycles. The third kappa shape index (κ3) is 4.99. The van der Waals surface area contributed by atoms with Crippen molar-refractivity contribution < 1.29 is 23.2 Å². The van der Waals surface area contributed by atoms with E-state index in [1.54, 1.807) is 29.2 Å². The Kier molecular flexibility index (Phi) is 5.83. The Morgan fingerprint density at radius 3 is 1.87 bits per heavy atom. The summed E-state index contributed by atoms with van der Waals surface area (Å²) in [5.74, 6) is -2.64. The number of anilines is 1. The highest BCUT2D eigenvalue weighted by Gasteiger charge is 2.26. The molecule has 1 saturated heterocycles. The molecular formula is C22H22F2N4O3. The summed E-state index contributed by atoms with van der Waals surface area (Å²) in [6.45, 7) is 1.26. The van der Waals surface area contributed by atoms with Crippen LogP contribution in [0.4, 0.5) is 19.3 Å². The van der Waals surface area contributed by atoms with Gasteiger partial charge < -0.3 is 20.4 Å². The van der Waals surface area contributed by atoms with Gasteiger partial charge in [0.15, 0.2) is 11.6 Å². The molecule has 4 amide bonds. The van der Waals surface area contributed by atoms with Crippen LogP contribution >= 0.6 is 0 Å². The Labute approximate surface area is 178 Å². The number of urea groups is 1. The molecule has 7 nitrogen and oxygen atoms in total. The first-order valence-corrected chi connectivity index (χ1v) is 10.1. The van der Waals surface area contributed by atoms with Gasteiger partial charge in [-0.05, 0) is 55.3 Å². The lowest BCUT2D eigenvalue weighted by Crippen LogP contribution is -2.50. The molecule has 4 rings (SSSR count). The van der Waals surface area contributed by atoms with E-state index in [9.17, 15) is 23.2 Å². The number of halogens is 2. The largest absolute Gasteiger partial charge is 0.335 e. The second kappa shape index (κ2) is 8.71. The maximum absolute atomic E-state index is 13.4. The predicted molar refractivity (Wildman–Crippen MR) is 110 cm³/mol. The van der Waals surface area contributed by atoms with E-state index in [1.165, 1.54) is 11.0 Å². The summed E-state index contributed by atoms with van der Waals surface area (Å²) < 4.78 is 26.5. The number of rotatable bonds is 4. The minimum Gasteiger partial charge on any atom is -0.335 e. The van der Waals surface area contributed by atoms with Gasteiger partial charge in [-0.1, -0.05) is 0 Å². The first kappa shape index (κ1) is 20.8. The Bertz CT molecular complexity index is 1000. The van der Waals surface area contributed by atoms with E-state index in [0.717, 1.165) is 25.0 Å². The van der Waals surface area contributed by atoms with Crippen molar-refractivity contribution in [1.29, 1.82) is 0 Å². The lowest BCUT2D eigenvalue weighted by molar-refractivity contribution is 0.0535. The standard InChI is InChI=1S/C22H22F2N4O3/c23-18-8-3-15(13-19(18)24)21(30)28-11-9-27(10-12-28)20(29)14-1-4-16(5-2-14)25-22(31)26-17-6-7-17/h1-5,8,13,17H,6-7,9-12H2,(H2,25,26,31). The molecule has 1 aliphatic carbocycles. The zero-order valence-electron chi connectivity index (χ0n) is 16.7. The minimum absolute atomic E-state index is 0.0764. The fourth-order valence-corrected chi connectivity index (χ4v) is 3.38. The monoisotopic (exact) mass is 428 g/mol. The number of hydrogen-bond acceptors (Lipinski definition) is 3. The van der Waals surface area contributed by atoms with Gasteiger partial charge in [0.05, 0.1) is 0 Å². The molecule has 0 atom stereocenters. The first-order valence-electron chi connectivity index (χ1n) is 10.1. The molecule has 1 aliphatic heterocycles.